The standard InChI is InChI=1S/C27H33N3O4S.C22H21ClN2O2.C22H24N4O.C19H18N6O/c1-20-5-6-22-18-23(8-7-21(22)17-20)28-27(31)25-19-24(35(32,33)30-11-3-2-4-12-30)9-10-26(25)29-13-15-34-16-14-29;1-14-4-5-16-12-18(8-6-15(16)11-14)24-22(27)19-9-7-17(23)13-20(19)25-10-2-3-21(25)26;1-14-5-8-18-12-19(10-9-17(18)11-14)24-21(27)20-13-23-25(4)22(20)26-15(2)6-7-16(26)3;1-13-7-8-14-11-15(9-10-17(14)24(13)2)21-19(26)16-5-3-4-6-18(16)25-12-20-22-23-25/h7-10,18-19H,1-6,11-17H2,(H,28,31);6-9,12-13H,1-5,10-11H2,(H,24,27);6-7,9-10,12-13H,1,5,8,11H2,2-4H3,(H,24,27);3-6,9-11H,1,7-8,12H2,2H3/p+1. The maximum atomic E-state index is 13.6. The summed E-state index contributed by atoms with van der Waals surface area (Å²) in [6.45, 7) is 24.8. The molecule has 3 fully saturated rings. The van der Waals surface area contributed by atoms with E-state index in [2.05, 4.69) is 107 Å². The fraction of sp³-hybridized carbons (Fsp3) is 0.311. The number of anilines is 7. The number of para-hydroxylation sites is 1. The van der Waals surface area contributed by atoms with Gasteiger partial charge in [0.1, 0.15) is 11.4 Å². The number of carbonyl (C=O) groups is 5. The number of hydrogen-bond acceptors (Lipinski definition) is 14. The van der Waals surface area contributed by atoms with Crippen LogP contribution < -0.4 is 36.0 Å². The van der Waals surface area contributed by atoms with Crippen molar-refractivity contribution in [2.24, 2.45) is 22.6 Å². The Morgan fingerprint density at radius 2 is 1.03 bits per heavy atom. The third-order valence-corrected chi connectivity index (χ3v) is 24.5. The summed E-state index contributed by atoms with van der Waals surface area (Å²) in [5.41, 5.74) is 24.0. The van der Waals surface area contributed by atoms with Crippen molar-refractivity contribution in [3.05, 3.63) is 278 Å². The van der Waals surface area contributed by atoms with Crippen LogP contribution in [0.1, 0.15) is 150 Å². The Labute approximate surface area is 676 Å². The van der Waals surface area contributed by atoms with Crippen molar-refractivity contribution in [2.45, 2.75) is 121 Å². The molecule has 0 bridgehead atoms. The Morgan fingerprint density at radius 1 is 0.504 bits per heavy atom. The van der Waals surface area contributed by atoms with Gasteiger partial charge in [0.05, 0.1) is 46.7 Å². The number of piperidine rings is 1. The molecule has 0 unspecified atom stereocenters. The summed E-state index contributed by atoms with van der Waals surface area (Å²) in [5.74, 6) is -0.0621. The predicted molar refractivity (Wildman–Crippen MR) is 453 cm³/mol. The molecule has 7 heterocycles. The Kier molecular flexibility index (Phi) is 24.6. The number of sulfonamides is 1. The molecule has 8 aliphatic rings. The van der Waals surface area contributed by atoms with Gasteiger partial charge in [0.15, 0.2) is 10.9 Å². The van der Waals surface area contributed by atoms with Crippen LogP contribution in [-0.2, 0) is 71.5 Å². The molecule has 0 spiro atoms. The van der Waals surface area contributed by atoms with Crippen LogP contribution in [-0.4, -0.2) is 121 Å². The van der Waals surface area contributed by atoms with Gasteiger partial charge in [-0.3, -0.25) is 28.7 Å². The highest BCUT2D eigenvalue weighted by Gasteiger charge is 2.32. The number of aryl methyl sites for hydroxylation is 7. The molecule has 5 amide bonds. The molecule has 25 heteroatoms. The molecule has 5 aliphatic heterocycles. The lowest BCUT2D eigenvalue weighted by Gasteiger charge is -2.31. The zero-order chi connectivity index (χ0) is 80.6. The predicted octanol–water partition coefficient (Wildman–Crippen LogP) is 17.2. The first kappa shape index (κ1) is 79.9. The smallest absolute Gasteiger partial charge is 0.261 e. The number of rotatable bonds is 14. The highest BCUT2D eigenvalue weighted by atomic mass is 35.5. The van der Waals surface area contributed by atoms with Crippen LogP contribution >= 0.6 is 11.6 Å². The van der Waals surface area contributed by atoms with Crippen LogP contribution in [0.5, 0.6) is 0 Å². The summed E-state index contributed by atoms with van der Waals surface area (Å²) >= 11 is 6.12. The second-order valence-electron chi connectivity index (χ2n) is 30.4. The number of carbonyl (C=O) groups excluding carboxylic acids is 5. The minimum atomic E-state index is -3.65. The van der Waals surface area contributed by atoms with Crippen molar-refractivity contribution < 1.29 is 41.8 Å². The molecule has 2 aromatic heterocycles. The Balaban J connectivity index is 0.000000128. The van der Waals surface area contributed by atoms with Crippen molar-refractivity contribution >= 4 is 96.7 Å². The molecule has 115 heavy (non-hydrogen) atoms. The number of ether oxygens (including phenoxy) is 1. The number of halogens is 1. The summed E-state index contributed by atoms with van der Waals surface area (Å²) < 4.78 is 39.1. The van der Waals surface area contributed by atoms with Crippen molar-refractivity contribution in [2.75, 3.05) is 95.6 Å². The molecule has 17 rings (SSSR count). The summed E-state index contributed by atoms with van der Waals surface area (Å²) in [6.07, 6.45) is 16.1. The van der Waals surface area contributed by atoms with E-state index in [1.165, 1.54) is 55.7 Å². The number of nitrogens with zero attached hydrogens (tertiary/aromatic N) is 11. The number of amides is 5. The van der Waals surface area contributed by atoms with Crippen molar-refractivity contribution in [1.29, 1.82) is 0 Å². The van der Waals surface area contributed by atoms with E-state index < -0.39 is 10.0 Å². The van der Waals surface area contributed by atoms with E-state index in [4.69, 9.17) is 16.3 Å². The Hall–Kier alpha value is -11.7. The zero-order valence-electron chi connectivity index (χ0n) is 65.7. The van der Waals surface area contributed by atoms with E-state index in [0.717, 1.165) is 153 Å². The molecule has 23 nitrogen and oxygen atoms in total. The SMILES string of the molecule is C=C1CCc2cc(NC(=O)c3cc(S(=O)(=O)N4CCCCC4)ccc3N3CCOCC3)ccc2C1.C=C1CCc2cc(NC(=O)c3ccc(Cl)cc3N3CCCC3=O)ccc2C1.C=C1CCc2cc(NC(=O)c3ccccc3[N+]3=NN=NC3)ccc2N1C.C=C1CCc2cc(NC(=O)c3cnn(C)c3-n3c(C)ccc3C)ccc2C1. The van der Waals surface area contributed by atoms with Gasteiger partial charge in [-0.2, -0.15) is 9.40 Å². The lowest BCUT2D eigenvalue weighted by atomic mass is 9.88. The summed E-state index contributed by atoms with van der Waals surface area (Å²) in [6, 6.07) is 45.5. The Bertz CT molecular complexity index is 5530. The molecular weight excluding hydrogens is 1490 g/mol. The normalized spacial score (nSPS) is 16.4. The Morgan fingerprint density at radius 3 is 1.60 bits per heavy atom. The van der Waals surface area contributed by atoms with E-state index in [-0.39, 0.29) is 34.4 Å². The third kappa shape index (κ3) is 18.4. The first-order chi connectivity index (χ1) is 55.5. The maximum Gasteiger partial charge on any atom is 0.261 e. The van der Waals surface area contributed by atoms with Crippen LogP contribution in [0.25, 0.3) is 5.82 Å². The van der Waals surface area contributed by atoms with Crippen LogP contribution in [0, 0.1) is 13.8 Å². The van der Waals surface area contributed by atoms with Gasteiger partial charge in [0.2, 0.25) is 27.8 Å². The van der Waals surface area contributed by atoms with E-state index in [0.29, 0.717) is 97.7 Å². The third-order valence-electron chi connectivity index (χ3n) is 22.4. The molecule has 592 valence electrons. The second-order valence-corrected chi connectivity index (χ2v) is 32.8. The summed E-state index contributed by atoms with van der Waals surface area (Å²) in [7, 11) is 0.222. The largest absolute Gasteiger partial charge is 0.378 e. The van der Waals surface area contributed by atoms with Crippen LogP contribution in [0.4, 0.5) is 45.5 Å². The summed E-state index contributed by atoms with van der Waals surface area (Å²) in [4.78, 5) is 70.5. The number of benzene rings is 7. The fourth-order valence-electron chi connectivity index (χ4n) is 16.0. The number of nitrogens with one attached hydrogen (secondary N) is 4. The first-order valence-electron chi connectivity index (χ1n) is 39.3. The average Bonchev–Trinajstić information content (AvgIpc) is 1.38. The molecule has 0 saturated carbocycles. The van der Waals surface area contributed by atoms with E-state index in [9.17, 15) is 32.4 Å². The number of hydrogen-bond donors (Lipinski definition) is 4. The number of aromatic nitrogens is 3. The topological polar surface area (TPSA) is 253 Å². The number of fused-ring (bicyclic) bond motifs is 4. The minimum Gasteiger partial charge on any atom is -0.378 e. The molecule has 0 atom stereocenters. The molecule has 9 aromatic rings. The number of allylic oxidation sites excluding steroid dienone is 4. The summed E-state index contributed by atoms with van der Waals surface area (Å²) in [5, 5.41) is 28.2. The van der Waals surface area contributed by atoms with Gasteiger partial charge in [-0.15, -0.1) is 4.70 Å². The zero-order valence-corrected chi connectivity index (χ0v) is 67.3. The van der Waals surface area contributed by atoms with Gasteiger partial charge in [-0.1, -0.05) is 91.4 Å². The molecular formula is C90H97ClN15O8S+. The average molecular weight is 1580 g/mol. The van der Waals surface area contributed by atoms with E-state index in [1.807, 2.05) is 107 Å². The van der Waals surface area contributed by atoms with Gasteiger partial charge in [-0.05, 0) is 263 Å². The number of morpholine rings is 1. The van der Waals surface area contributed by atoms with Crippen molar-refractivity contribution in [1.82, 2.24) is 18.7 Å². The highest BCUT2D eigenvalue weighted by Crippen LogP contribution is 2.37. The monoisotopic (exact) mass is 1580 g/mol. The van der Waals surface area contributed by atoms with Crippen LogP contribution in [0.3, 0.4) is 0 Å². The van der Waals surface area contributed by atoms with Gasteiger partial charge in [-0.25, -0.2) is 8.42 Å². The van der Waals surface area contributed by atoms with E-state index >= 15 is 0 Å². The quantitative estimate of drug-likeness (QED) is 0.0588. The van der Waals surface area contributed by atoms with Gasteiger partial charge < -0.3 is 45.3 Å². The van der Waals surface area contributed by atoms with Gasteiger partial charge >= 0.3 is 0 Å². The van der Waals surface area contributed by atoms with Gasteiger partial charge in [0.25, 0.3) is 23.6 Å². The molecule has 4 N–H and O–H groups in total. The molecule has 0 radical (unpaired) electrons. The van der Waals surface area contributed by atoms with Crippen molar-refractivity contribution in [3.63, 3.8) is 0 Å². The van der Waals surface area contributed by atoms with E-state index in [1.54, 1.807) is 67.2 Å². The fourth-order valence-corrected chi connectivity index (χ4v) is 17.7. The van der Waals surface area contributed by atoms with Crippen LogP contribution in [0.15, 0.2) is 221 Å². The van der Waals surface area contributed by atoms with Gasteiger partial charge in [0, 0.05) is 109 Å². The van der Waals surface area contributed by atoms with Crippen molar-refractivity contribution in [3.8, 4) is 5.82 Å². The first-order valence-corrected chi connectivity index (χ1v) is 41.1. The highest BCUT2D eigenvalue weighted by molar-refractivity contribution is 7.89. The second kappa shape index (κ2) is 35.4. The maximum absolute atomic E-state index is 13.6. The lowest BCUT2D eigenvalue weighted by Crippen LogP contribution is -2.38. The minimum absolute atomic E-state index is 0.0281. The lowest BCUT2D eigenvalue weighted by molar-refractivity contribution is -0.501. The van der Waals surface area contributed by atoms with Crippen LogP contribution in [0.2, 0.25) is 5.02 Å². The molecule has 3 aliphatic carbocycles. The molecule has 7 aromatic carbocycles. The molecule has 3 saturated heterocycles.